The van der Waals surface area contributed by atoms with E-state index >= 15 is 0 Å². The van der Waals surface area contributed by atoms with E-state index in [-0.39, 0.29) is 0 Å². The van der Waals surface area contributed by atoms with Gasteiger partial charge in [-0.15, -0.1) is 0 Å². The fourth-order valence-corrected chi connectivity index (χ4v) is 5.12. The van der Waals surface area contributed by atoms with Crippen LogP contribution in [0.5, 0.6) is 0 Å². The Bertz CT molecular complexity index is 1130. The fourth-order valence-electron chi connectivity index (χ4n) is 5.12. The minimum absolute atomic E-state index is 0.375. The maximum atomic E-state index is 5.59. The molecule has 0 bridgehead atoms. The molecule has 2 aromatic heterocycles. The molecule has 1 saturated heterocycles. The number of aromatic nitrogens is 3. The van der Waals surface area contributed by atoms with Crippen LogP contribution in [-0.2, 0) is 4.74 Å². The number of allylic oxidation sites excluding steroid dienone is 4. The Morgan fingerprint density at radius 2 is 2.00 bits per heavy atom. The Morgan fingerprint density at radius 3 is 2.74 bits per heavy atom. The van der Waals surface area contributed by atoms with Crippen molar-refractivity contribution in [2.75, 3.05) is 13.2 Å². The summed E-state index contributed by atoms with van der Waals surface area (Å²) in [5.41, 5.74) is 11.4. The summed E-state index contributed by atoms with van der Waals surface area (Å²) in [7, 11) is 0. The monoisotopic (exact) mass is 461 g/mol. The van der Waals surface area contributed by atoms with Gasteiger partial charge in [0.15, 0.2) is 5.65 Å². The lowest BCUT2D eigenvalue weighted by Gasteiger charge is -2.25. The van der Waals surface area contributed by atoms with Gasteiger partial charge in [-0.25, -0.2) is 20.0 Å². The summed E-state index contributed by atoms with van der Waals surface area (Å²) in [6.07, 6.45) is 17.2. The topological polar surface area (TPSA) is 88.7 Å². The van der Waals surface area contributed by atoms with Gasteiger partial charge in [0.2, 0.25) is 5.96 Å². The number of nitrogens with one attached hydrogen (secondary N) is 2. The van der Waals surface area contributed by atoms with Gasteiger partial charge in [0.25, 0.3) is 0 Å². The molecule has 4 heterocycles. The molecule has 1 aliphatic carbocycles. The maximum absolute atomic E-state index is 5.59. The number of imidazole rings is 1. The van der Waals surface area contributed by atoms with Crippen LogP contribution >= 0.6 is 0 Å². The van der Waals surface area contributed by atoms with Gasteiger partial charge in [0.05, 0.1) is 23.5 Å². The Balaban J connectivity index is 1.49. The molecule has 180 valence electrons. The summed E-state index contributed by atoms with van der Waals surface area (Å²) >= 11 is 0. The number of aryl methyl sites for hydroxylation is 1. The first-order valence-corrected chi connectivity index (χ1v) is 12.7. The standard InChI is InChI=1S/C26H35N7O/c1-3-4-10-22(23-17-28-26(32-31-23)30-20-8-6-5-7-9-20)19-15-24-25(27-16-19)29-18(2)33(24)21-11-13-34-14-12-21/h4,10,15-17,20-21,31H,3,5-9,11-14H2,1-2H3,(H,30,32)/b10-4-,23-22+. The largest absolute Gasteiger partial charge is 0.381 e. The first-order valence-electron chi connectivity index (χ1n) is 12.7. The molecule has 2 N–H and O–H groups in total. The lowest BCUT2D eigenvalue weighted by Crippen LogP contribution is -2.41. The molecule has 0 aromatic carbocycles. The average Bonchev–Trinajstić information content (AvgIpc) is 3.21. The highest BCUT2D eigenvalue weighted by Crippen LogP contribution is 2.29. The van der Waals surface area contributed by atoms with Crippen LogP contribution in [0.3, 0.4) is 0 Å². The number of rotatable bonds is 5. The minimum Gasteiger partial charge on any atom is -0.381 e. The molecule has 0 spiro atoms. The van der Waals surface area contributed by atoms with Gasteiger partial charge in [0, 0.05) is 36.6 Å². The Kier molecular flexibility index (Phi) is 7.04. The summed E-state index contributed by atoms with van der Waals surface area (Å²) < 4.78 is 7.93. The van der Waals surface area contributed by atoms with Crippen LogP contribution in [0.2, 0.25) is 0 Å². The predicted octanol–water partition coefficient (Wildman–Crippen LogP) is 4.64. The van der Waals surface area contributed by atoms with E-state index in [1.54, 1.807) is 0 Å². The van der Waals surface area contributed by atoms with Crippen LogP contribution in [0.1, 0.15) is 75.7 Å². The number of pyridine rings is 1. The van der Waals surface area contributed by atoms with E-state index in [0.717, 1.165) is 79.1 Å². The fraction of sp³-hybridized carbons (Fsp3) is 0.538. The normalized spacial score (nSPS) is 22.9. The first-order chi connectivity index (χ1) is 16.7. The molecule has 8 nitrogen and oxygen atoms in total. The van der Waals surface area contributed by atoms with E-state index in [2.05, 4.69) is 52.5 Å². The van der Waals surface area contributed by atoms with Crippen molar-refractivity contribution in [3.8, 4) is 0 Å². The van der Waals surface area contributed by atoms with Crippen LogP contribution in [0, 0.1) is 6.92 Å². The highest BCUT2D eigenvalue weighted by Gasteiger charge is 2.22. The molecule has 1 saturated carbocycles. The second-order valence-electron chi connectivity index (χ2n) is 9.33. The van der Waals surface area contributed by atoms with E-state index in [0.29, 0.717) is 18.0 Å². The van der Waals surface area contributed by atoms with Gasteiger partial charge in [0.1, 0.15) is 5.82 Å². The van der Waals surface area contributed by atoms with Gasteiger partial charge < -0.3 is 9.30 Å². The number of hydrazine groups is 1. The molecule has 2 fully saturated rings. The third-order valence-corrected chi connectivity index (χ3v) is 6.90. The number of guanidine groups is 1. The molecule has 2 aromatic rings. The smallest absolute Gasteiger partial charge is 0.237 e. The van der Waals surface area contributed by atoms with Gasteiger partial charge >= 0.3 is 0 Å². The Hall–Kier alpha value is -3.00. The molecular weight excluding hydrogens is 426 g/mol. The number of aliphatic imine (C=N–C) groups is 2. The summed E-state index contributed by atoms with van der Waals surface area (Å²) in [5.74, 6) is 1.67. The van der Waals surface area contributed by atoms with Crippen molar-refractivity contribution in [3.05, 3.63) is 41.5 Å². The van der Waals surface area contributed by atoms with Crippen molar-refractivity contribution < 1.29 is 4.74 Å². The third-order valence-electron chi connectivity index (χ3n) is 6.90. The number of ether oxygens (including phenoxy) is 1. The van der Waals surface area contributed by atoms with E-state index < -0.39 is 0 Å². The lowest BCUT2D eigenvalue weighted by atomic mass is 9.96. The van der Waals surface area contributed by atoms with Crippen molar-refractivity contribution in [2.45, 2.75) is 77.3 Å². The summed E-state index contributed by atoms with van der Waals surface area (Å²) in [6.45, 7) is 5.80. The summed E-state index contributed by atoms with van der Waals surface area (Å²) in [4.78, 5) is 18.9. The zero-order valence-electron chi connectivity index (χ0n) is 20.3. The van der Waals surface area contributed by atoms with Crippen molar-refractivity contribution in [1.29, 1.82) is 0 Å². The third kappa shape index (κ3) is 4.92. The highest BCUT2D eigenvalue weighted by atomic mass is 16.5. The summed E-state index contributed by atoms with van der Waals surface area (Å²) in [5, 5.41) is 0. The second kappa shape index (κ2) is 10.5. The van der Waals surface area contributed by atoms with E-state index in [9.17, 15) is 0 Å². The van der Waals surface area contributed by atoms with Crippen molar-refractivity contribution in [2.24, 2.45) is 9.98 Å². The quantitative estimate of drug-likeness (QED) is 0.677. The Morgan fingerprint density at radius 1 is 1.18 bits per heavy atom. The molecule has 0 unspecified atom stereocenters. The van der Waals surface area contributed by atoms with E-state index in [1.165, 1.54) is 19.3 Å². The maximum Gasteiger partial charge on any atom is 0.237 e. The van der Waals surface area contributed by atoms with Crippen molar-refractivity contribution in [3.63, 3.8) is 0 Å². The molecule has 3 aliphatic rings. The van der Waals surface area contributed by atoms with Gasteiger partial charge in [-0.3, -0.25) is 10.9 Å². The molecule has 0 radical (unpaired) electrons. The number of nitrogens with zero attached hydrogens (tertiary/aromatic N) is 5. The average molecular weight is 462 g/mol. The van der Waals surface area contributed by atoms with Crippen molar-refractivity contribution in [1.82, 2.24) is 25.4 Å². The zero-order valence-corrected chi connectivity index (χ0v) is 20.3. The number of hydrogen-bond donors (Lipinski definition) is 2. The molecule has 5 rings (SSSR count). The van der Waals surface area contributed by atoms with Gasteiger partial charge in [-0.05, 0) is 45.1 Å². The Labute approximate surface area is 201 Å². The van der Waals surface area contributed by atoms with Crippen molar-refractivity contribution >= 4 is 28.9 Å². The van der Waals surface area contributed by atoms with Gasteiger partial charge in [-0.1, -0.05) is 38.3 Å². The molecule has 0 atom stereocenters. The second-order valence-corrected chi connectivity index (χ2v) is 9.33. The van der Waals surface area contributed by atoms with Crippen LogP contribution in [0.4, 0.5) is 0 Å². The molecule has 2 aliphatic heterocycles. The van der Waals surface area contributed by atoms with E-state index in [1.807, 2.05) is 12.4 Å². The number of fused-ring (bicyclic) bond motifs is 1. The minimum atomic E-state index is 0.375. The predicted molar refractivity (Wildman–Crippen MR) is 137 cm³/mol. The SMILES string of the molecule is CC/C=C\C(=C1\C=NC(=NC2CCCCC2)NN1)c1cnc2nc(C)n(C3CCOCC3)c2c1. The van der Waals surface area contributed by atoms with Crippen LogP contribution < -0.4 is 10.9 Å². The van der Waals surface area contributed by atoms with Gasteiger partial charge in [-0.2, -0.15) is 0 Å². The molecule has 8 heteroatoms. The molecule has 0 amide bonds. The van der Waals surface area contributed by atoms with E-state index in [4.69, 9.17) is 19.7 Å². The highest BCUT2D eigenvalue weighted by molar-refractivity contribution is 6.02. The first kappa shape index (κ1) is 22.8. The molecular formula is C26H35N7O. The number of hydrogen-bond acceptors (Lipinski definition) is 5. The lowest BCUT2D eigenvalue weighted by molar-refractivity contribution is 0.0701. The molecule has 34 heavy (non-hydrogen) atoms. The van der Waals surface area contributed by atoms with Crippen LogP contribution in [0.25, 0.3) is 16.7 Å². The summed E-state index contributed by atoms with van der Waals surface area (Å²) in [6, 6.07) is 2.98. The van der Waals surface area contributed by atoms with Crippen LogP contribution in [0.15, 0.2) is 40.1 Å². The van der Waals surface area contributed by atoms with Crippen LogP contribution in [-0.4, -0.2) is 46.0 Å². The zero-order chi connectivity index (χ0) is 23.3.